The largest absolute Gasteiger partial charge is 0.494 e. The number of methoxy groups -OCH3 is 1. The van der Waals surface area contributed by atoms with Gasteiger partial charge >= 0.3 is 0 Å². The summed E-state index contributed by atoms with van der Waals surface area (Å²) in [6.45, 7) is 2.08. The number of nitrogen functional groups attached to an aromatic ring is 1. The average Bonchev–Trinajstić information content (AvgIpc) is 2.84. The lowest BCUT2D eigenvalue weighted by Crippen LogP contribution is -2.11. The van der Waals surface area contributed by atoms with Crippen LogP contribution in [0, 0.1) is 6.92 Å². The monoisotopic (exact) mass is 243 g/mol. The van der Waals surface area contributed by atoms with Gasteiger partial charge in [0.2, 0.25) is 0 Å². The Labute approximate surface area is 106 Å². The Morgan fingerprint density at radius 3 is 2.89 bits per heavy atom. The molecule has 3 N–H and O–H groups in total. The van der Waals surface area contributed by atoms with Crippen LogP contribution in [-0.2, 0) is 12.8 Å². The number of ether oxygens (including phenoxy) is 1. The number of hydrazine groups is 1. The van der Waals surface area contributed by atoms with Crippen molar-refractivity contribution in [1.82, 2.24) is 4.98 Å². The predicted molar refractivity (Wildman–Crippen MR) is 72.9 cm³/mol. The number of aromatic nitrogens is 1. The molecule has 0 amide bonds. The van der Waals surface area contributed by atoms with Gasteiger partial charge in [0.15, 0.2) is 0 Å². The highest BCUT2D eigenvalue weighted by atomic mass is 16.5. The van der Waals surface area contributed by atoms with Crippen LogP contribution < -0.4 is 16.0 Å². The van der Waals surface area contributed by atoms with E-state index in [1.54, 1.807) is 7.11 Å². The number of pyridine rings is 1. The third kappa shape index (κ3) is 1.46. The van der Waals surface area contributed by atoms with E-state index in [0.29, 0.717) is 0 Å². The van der Waals surface area contributed by atoms with E-state index in [2.05, 4.69) is 12.3 Å². The quantitative estimate of drug-likeness (QED) is 0.627. The second kappa shape index (κ2) is 4.14. The lowest BCUT2D eigenvalue weighted by atomic mass is 10.0. The first-order valence-electron chi connectivity index (χ1n) is 6.22. The first-order chi connectivity index (χ1) is 8.76. The standard InChI is InChI=1S/C14H17N3O/c1-8-6-7-11(18-2)14-12(8)13(17-15)9-4-3-5-10(9)16-14/h6-7H,3-5,15H2,1-2H3,(H,16,17). The van der Waals surface area contributed by atoms with Gasteiger partial charge in [0, 0.05) is 11.1 Å². The zero-order chi connectivity index (χ0) is 12.7. The molecule has 0 bridgehead atoms. The van der Waals surface area contributed by atoms with Gasteiger partial charge in [-0.15, -0.1) is 0 Å². The summed E-state index contributed by atoms with van der Waals surface area (Å²) in [7, 11) is 1.68. The summed E-state index contributed by atoms with van der Waals surface area (Å²) in [5, 5.41) is 1.08. The van der Waals surface area contributed by atoms with Crippen LogP contribution >= 0.6 is 0 Å². The molecule has 1 aliphatic rings. The molecule has 0 aliphatic heterocycles. The molecular weight excluding hydrogens is 226 g/mol. The van der Waals surface area contributed by atoms with Crippen LogP contribution in [0.1, 0.15) is 23.2 Å². The molecule has 4 nitrogen and oxygen atoms in total. The molecule has 4 heteroatoms. The molecule has 2 aromatic rings. The van der Waals surface area contributed by atoms with Crippen molar-refractivity contribution in [2.24, 2.45) is 5.84 Å². The summed E-state index contributed by atoms with van der Waals surface area (Å²) in [5.41, 5.74) is 8.38. The fourth-order valence-electron chi connectivity index (χ4n) is 2.83. The van der Waals surface area contributed by atoms with Crippen molar-refractivity contribution in [2.75, 3.05) is 12.5 Å². The number of nitrogens with zero attached hydrogens (tertiary/aromatic N) is 1. The molecule has 0 saturated heterocycles. The second-order valence-corrected chi connectivity index (χ2v) is 4.72. The van der Waals surface area contributed by atoms with E-state index in [4.69, 9.17) is 15.6 Å². The molecule has 0 fully saturated rings. The topological polar surface area (TPSA) is 60.2 Å². The Balaban J connectivity index is 2.45. The molecule has 0 atom stereocenters. The smallest absolute Gasteiger partial charge is 0.145 e. The van der Waals surface area contributed by atoms with Crippen LogP contribution in [0.2, 0.25) is 0 Å². The number of benzene rings is 1. The van der Waals surface area contributed by atoms with Crippen molar-refractivity contribution in [3.8, 4) is 5.75 Å². The van der Waals surface area contributed by atoms with Gasteiger partial charge in [-0.1, -0.05) is 6.07 Å². The van der Waals surface area contributed by atoms with Gasteiger partial charge < -0.3 is 10.2 Å². The molecule has 0 saturated carbocycles. The fraction of sp³-hybridized carbons (Fsp3) is 0.357. The van der Waals surface area contributed by atoms with Crippen LogP contribution in [0.5, 0.6) is 5.75 Å². The Hall–Kier alpha value is -1.81. The normalized spacial score (nSPS) is 13.7. The van der Waals surface area contributed by atoms with Crippen molar-refractivity contribution < 1.29 is 4.74 Å². The van der Waals surface area contributed by atoms with E-state index in [1.165, 1.54) is 11.1 Å². The predicted octanol–water partition coefficient (Wildman–Crippen LogP) is 2.33. The van der Waals surface area contributed by atoms with Gasteiger partial charge in [-0.25, -0.2) is 4.98 Å². The molecule has 0 spiro atoms. The lowest BCUT2D eigenvalue weighted by molar-refractivity contribution is 0.418. The highest BCUT2D eigenvalue weighted by Gasteiger charge is 2.21. The Bertz CT molecular complexity index is 622. The van der Waals surface area contributed by atoms with Crippen molar-refractivity contribution in [2.45, 2.75) is 26.2 Å². The molecular formula is C14H17N3O. The maximum Gasteiger partial charge on any atom is 0.145 e. The van der Waals surface area contributed by atoms with E-state index < -0.39 is 0 Å². The molecule has 18 heavy (non-hydrogen) atoms. The molecule has 1 aromatic carbocycles. The first-order valence-corrected chi connectivity index (χ1v) is 6.22. The van der Waals surface area contributed by atoms with Gasteiger partial charge in [-0.3, -0.25) is 5.84 Å². The Morgan fingerprint density at radius 1 is 1.33 bits per heavy atom. The Morgan fingerprint density at radius 2 is 2.17 bits per heavy atom. The number of nitrogens with one attached hydrogen (secondary N) is 1. The summed E-state index contributed by atoms with van der Waals surface area (Å²) in [6, 6.07) is 4.01. The van der Waals surface area contributed by atoms with Crippen molar-refractivity contribution in [3.05, 3.63) is 29.0 Å². The van der Waals surface area contributed by atoms with Crippen LogP contribution in [0.4, 0.5) is 5.69 Å². The molecule has 0 radical (unpaired) electrons. The minimum atomic E-state index is 0.807. The number of rotatable bonds is 2. The zero-order valence-electron chi connectivity index (χ0n) is 10.7. The summed E-state index contributed by atoms with van der Waals surface area (Å²) < 4.78 is 5.41. The van der Waals surface area contributed by atoms with Crippen molar-refractivity contribution >= 4 is 16.6 Å². The zero-order valence-corrected chi connectivity index (χ0v) is 10.7. The van der Waals surface area contributed by atoms with E-state index in [0.717, 1.165) is 47.3 Å². The number of aryl methyl sites for hydroxylation is 2. The number of hydrogen-bond acceptors (Lipinski definition) is 4. The summed E-state index contributed by atoms with van der Waals surface area (Å²) in [5.74, 6) is 6.54. The van der Waals surface area contributed by atoms with E-state index in [9.17, 15) is 0 Å². The minimum absolute atomic E-state index is 0.807. The van der Waals surface area contributed by atoms with Crippen LogP contribution in [0.15, 0.2) is 12.1 Å². The number of fused-ring (bicyclic) bond motifs is 2. The van der Waals surface area contributed by atoms with E-state index in [-0.39, 0.29) is 0 Å². The molecule has 1 aromatic heterocycles. The number of anilines is 1. The highest BCUT2D eigenvalue weighted by molar-refractivity contribution is 5.99. The maximum atomic E-state index is 5.73. The third-order valence-corrected chi connectivity index (χ3v) is 3.70. The Kier molecular flexibility index (Phi) is 2.59. The third-order valence-electron chi connectivity index (χ3n) is 3.70. The van der Waals surface area contributed by atoms with E-state index >= 15 is 0 Å². The maximum absolute atomic E-state index is 5.73. The van der Waals surface area contributed by atoms with Crippen molar-refractivity contribution in [3.63, 3.8) is 0 Å². The summed E-state index contributed by atoms with van der Waals surface area (Å²) >= 11 is 0. The molecule has 94 valence electrons. The second-order valence-electron chi connectivity index (χ2n) is 4.72. The van der Waals surface area contributed by atoms with Crippen LogP contribution in [-0.4, -0.2) is 12.1 Å². The highest BCUT2D eigenvalue weighted by Crippen LogP contribution is 2.38. The lowest BCUT2D eigenvalue weighted by Gasteiger charge is -2.15. The first kappa shape index (κ1) is 11.3. The molecule has 1 heterocycles. The van der Waals surface area contributed by atoms with Gasteiger partial charge in [-0.05, 0) is 43.4 Å². The molecule has 3 rings (SSSR count). The van der Waals surface area contributed by atoms with Crippen molar-refractivity contribution in [1.29, 1.82) is 0 Å². The van der Waals surface area contributed by atoms with Gasteiger partial charge in [0.05, 0.1) is 12.8 Å². The number of nitrogens with two attached hydrogens (primary N) is 1. The van der Waals surface area contributed by atoms with Gasteiger partial charge in [0.25, 0.3) is 0 Å². The summed E-state index contributed by atoms with van der Waals surface area (Å²) in [4.78, 5) is 4.78. The molecule has 0 unspecified atom stereocenters. The SMILES string of the molecule is COc1ccc(C)c2c(NN)c3c(nc12)CCC3. The number of hydrogen-bond donors (Lipinski definition) is 2. The van der Waals surface area contributed by atoms with Crippen LogP contribution in [0.3, 0.4) is 0 Å². The van der Waals surface area contributed by atoms with Gasteiger partial charge in [0.1, 0.15) is 11.3 Å². The minimum Gasteiger partial charge on any atom is -0.494 e. The summed E-state index contributed by atoms with van der Waals surface area (Å²) in [6.07, 6.45) is 3.22. The fourth-order valence-corrected chi connectivity index (χ4v) is 2.83. The average molecular weight is 243 g/mol. The van der Waals surface area contributed by atoms with Gasteiger partial charge in [-0.2, -0.15) is 0 Å². The molecule has 1 aliphatic carbocycles. The van der Waals surface area contributed by atoms with E-state index in [1.807, 2.05) is 12.1 Å². The van der Waals surface area contributed by atoms with Crippen LogP contribution in [0.25, 0.3) is 10.9 Å².